The van der Waals surface area contributed by atoms with Crippen LogP contribution in [-0.2, 0) is 19.1 Å². The van der Waals surface area contributed by atoms with Crippen molar-refractivity contribution in [2.45, 2.75) is 19.9 Å². The normalized spacial score (nSPS) is 10.1. The maximum Gasteiger partial charge on any atom is 0.340 e. The molecule has 9 nitrogen and oxygen atoms in total. The number of ether oxygens (including phenoxy) is 2. The lowest BCUT2D eigenvalue weighted by atomic mass is 10.3. The second-order valence-electron chi connectivity index (χ2n) is 2.82. The third-order valence-electron chi connectivity index (χ3n) is 1.66. The van der Waals surface area contributed by atoms with Crippen LogP contribution >= 0.6 is 0 Å². The van der Waals surface area contributed by atoms with Crippen LogP contribution in [0.2, 0.25) is 0 Å². The van der Waals surface area contributed by atoms with Crippen LogP contribution in [-0.4, -0.2) is 51.8 Å². The second kappa shape index (κ2) is 6.40. The van der Waals surface area contributed by atoms with Gasteiger partial charge < -0.3 is 14.8 Å². The first-order chi connectivity index (χ1) is 8.19. The summed E-state index contributed by atoms with van der Waals surface area (Å²) in [5.41, 5.74) is 0. The number of nitrogens with one attached hydrogen (secondary N) is 2. The highest BCUT2D eigenvalue weighted by atomic mass is 16.6. The van der Waals surface area contributed by atoms with Crippen LogP contribution in [0, 0.1) is 0 Å². The van der Waals surface area contributed by atoms with E-state index in [1.165, 1.54) is 0 Å². The van der Waals surface area contributed by atoms with Crippen LogP contribution < -0.4 is 5.32 Å². The number of anilines is 1. The summed E-state index contributed by atoms with van der Waals surface area (Å²) >= 11 is 0. The first kappa shape index (κ1) is 12.9. The zero-order chi connectivity index (χ0) is 12.7. The molecule has 0 bridgehead atoms. The van der Waals surface area contributed by atoms with Crippen LogP contribution in [0.25, 0.3) is 0 Å². The maximum atomic E-state index is 11.5. The molecule has 0 spiro atoms. The number of aromatic amines is 1. The molecule has 1 aromatic heterocycles. The Bertz CT molecular complexity index is 348. The van der Waals surface area contributed by atoms with Crippen molar-refractivity contribution in [3.8, 4) is 0 Å². The summed E-state index contributed by atoms with van der Waals surface area (Å²) in [6.45, 7) is 3.58. The van der Waals surface area contributed by atoms with Crippen molar-refractivity contribution in [1.82, 2.24) is 20.6 Å². The van der Waals surface area contributed by atoms with Gasteiger partial charge in [-0.2, -0.15) is 5.21 Å². The second-order valence-corrected chi connectivity index (χ2v) is 2.82. The van der Waals surface area contributed by atoms with E-state index < -0.39 is 18.0 Å². The smallest absolute Gasteiger partial charge is 0.340 e. The highest BCUT2D eigenvalue weighted by Gasteiger charge is 2.30. The summed E-state index contributed by atoms with van der Waals surface area (Å²) in [5, 5.41) is 15.1. The fraction of sp³-hybridized carbons (Fsp3) is 0.625. The number of rotatable bonds is 6. The van der Waals surface area contributed by atoms with E-state index in [-0.39, 0.29) is 19.2 Å². The largest absolute Gasteiger partial charge is 0.464 e. The standard InChI is InChI=1S/C8H13N5O4/c1-3-16-6(14)5(7(15)17-4-2)9-8-10-12-13-11-8/h5H,3-4H2,1-2H3,(H2,9,10,11,12,13). The van der Waals surface area contributed by atoms with Gasteiger partial charge in [0.15, 0.2) is 0 Å². The first-order valence-corrected chi connectivity index (χ1v) is 5.02. The SMILES string of the molecule is CCOC(=O)C(Nc1nn[nH]n1)C(=O)OCC. The van der Waals surface area contributed by atoms with E-state index in [0.29, 0.717) is 0 Å². The zero-order valence-corrected chi connectivity index (χ0v) is 9.47. The summed E-state index contributed by atoms with van der Waals surface area (Å²) in [7, 11) is 0. The van der Waals surface area contributed by atoms with E-state index >= 15 is 0 Å². The minimum Gasteiger partial charge on any atom is -0.464 e. The Hall–Kier alpha value is -2.19. The molecule has 0 aliphatic heterocycles. The van der Waals surface area contributed by atoms with Gasteiger partial charge in [-0.05, 0) is 19.1 Å². The lowest BCUT2D eigenvalue weighted by Crippen LogP contribution is -2.40. The Morgan fingerprint density at radius 3 is 2.29 bits per heavy atom. The quantitative estimate of drug-likeness (QED) is 0.487. The van der Waals surface area contributed by atoms with Gasteiger partial charge in [-0.1, -0.05) is 5.10 Å². The van der Waals surface area contributed by atoms with E-state index in [2.05, 4.69) is 25.9 Å². The Kier molecular flexibility index (Phi) is 4.85. The maximum absolute atomic E-state index is 11.5. The molecule has 0 unspecified atom stereocenters. The number of tetrazole rings is 1. The summed E-state index contributed by atoms with van der Waals surface area (Å²) < 4.78 is 9.46. The lowest BCUT2D eigenvalue weighted by Gasteiger charge is -2.14. The monoisotopic (exact) mass is 243 g/mol. The Labute approximate surface area is 96.9 Å². The molecule has 0 aliphatic rings. The summed E-state index contributed by atoms with van der Waals surface area (Å²) in [6.07, 6.45) is 0. The van der Waals surface area contributed by atoms with Crippen LogP contribution in [0.4, 0.5) is 5.95 Å². The highest BCUT2D eigenvalue weighted by molar-refractivity contribution is 6.01. The van der Waals surface area contributed by atoms with Crippen molar-refractivity contribution in [3.05, 3.63) is 0 Å². The van der Waals surface area contributed by atoms with Gasteiger partial charge in [0.2, 0.25) is 6.04 Å². The molecule has 1 heterocycles. The Morgan fingerprint density at radius 1 is 1.29 bits per heavy atom. The molecule has 0 aromatic carbocycles. The number of aromatic nitrogens is 4. The van der Waals surface area contributed by atoms with Crippen molar-refractivity contribution in [1.29, 1.82) is 0 Å². The van der Waals surface area contributed by atoms with Crippen molar-refractivity contribution >= 4 is 17.9 Å². The van der Waals surface area contributed by atoms with Crippen LogP contribution in [0.3, 0.4) is 0 Å². The number of carbonyl (C=O) groups excluding carboxylic acids is 2. The topological polar surface area (TPSA) is 119 Å². The van der Waals surface area contributed by atoms with E-state index in [0.717, 1.165) is 0 Å². The summed E-state index contributed by atoms with van der Waals surface area (Å²) in [5.74, 6) is -1.50. The van der Waals surface area contributed by atoms with Crippen LogP contribution in [0.15, 0.2) is 0 Å². The number of nitrogens with zero attached hydrogens (tertiary/aromatic N) is 3. The number of hydrogen-bond donors (Lipinski definition) is 2. The van der Waals surface area contributed by atoms with Crippen molar-refractivity contribution < 1.29 is 19.1 Å². The van der Waals surface area contributed by atoms with Crippen molar-refractivity contribution in [2.24, 2.45) is 0 Å². The Balaban J connectivity index is 2.71. The average Bonchev–Trinajstić information content (AvgIpc) is 2.79. The van der Waals surface area contributed by atoms with Crippen molar-refractivity contribution in [3.63, 3.8) is 0 Å². The molecule has 0 saturated carbocycles. The van der Waals surface area contributed by atoms with Gasteiger partial charge in [-0.25, -0.2) is 9.59 Å². The van der Waals surface area contributed by atoms with Crippen LogP contribution in [0.5, 0.6) is 0 Å². The number of carbonyl (C=O) groups is 2. The van der Waals surface area contributed by atoms with E-state index in [9.17, 15) is 9.59 Å². The number of hydrogen-bond acceptors (Lipinski definition) is 8. The van der Waals surface area contributed by atoms with Gasteiger partial charge in [0, 0.05) is 0 Å². The minimum absolute atomic E-state index is 0.0103. The number of H-pyrrole nitrogens is 1. The Morgan fingerprint density at radius 2 is 1.88 bits per heavy atom. The molecule has 0 aliphatic carbocycles. The van der Waals surface area contributed by atoms with E-state index in [4.69, 9.17) is 9.47 Å². The molecule has 0 amide bonds. The average molecular weight is 243 g/mol. The molecule has 0 atom stereocenters. The minimum atomic E-state index is -1.30. The van der Waals surface area contributed by atoms with Gasteiger partial charge in [0.05, 0.1) is 13.2 Å². The van der Waals surface area contributed by atoms with Crippen molar-refractivity contribution in [2.75, 3.05) is 18.5 Å². The van der Waals surface area contributed by atoms with E-state index in [1.807, 2.05) is 0 Å². The molecule has 0 radical (unpaired) electrons. The molecule has 0 fully saturated rings. The molecule has 1 rings (SSSR count). The molecular weight excluding hydrogens is 230 g/mol. The molecule has 94 valence electrons. The molecule has 1 aromatic rings. The third kappa shape index (κ3) is 3.70. The molecule has 17 heavy (non-hydrogen) atoms. The molecular formula is C8H13N5O4. The summed E-state index contributed by atoms with van der Waals surface area (Å²) in [4.78, 5) is 23.0. The van der Waals surface area contributed by atoms with Crippen LogP contribution in [0.1, 0.15) is 13.8 Å². The first-order valence-electron chi connectivity index (χ1n) is 5.02. The number of esters is 2. The molecule has 9 heteroatoms. The fourth-order valence-corrected chi connectivity index (χ4v) is 1.02. The highest BCUT2D eigenvalue weighted by Crippen LogP contribution is 2.01. The predicted molar refractivity (Wildman–Crippen MR) is 54.9 cm³/mol. The molecule has 0 saturated heterocycles. The molecule has 2 N–H and O–H groups in total. The van der Waals surface area contributed by atoms with Gasteiger partial charge in [-0.3, -0.25) is 0 Å². The third-order valence-corrected chi connectivity index (χ3v) is 1.66. The fourth-order valence-electron chi connectivity index (χ4n) is 1.02. The summed E-state index contributed by atoms with van der Waals surface area (Å²) in [6, 6.07) is -1.30. The lowest BCUT2D eigenvalue weighted by molar-refractivity contribution is -0.155. The van der Waals surface area contributed by atoms with Gasteiger partial charge in [0.1, 0.15) is 0 Å². The van der Waals surface area contributed by atoms with Gasteiger partial charge in [0.25, 0.3) is 5.95 Å². The van der Waals surface area contributed by atoms with E-state index in [1.54, 1.807) is 13.8 Å². The van der Waals surface area contributed by atoms with Gasteiger partial charge >= 0.3 is 11.9 Å². The predicted octanol–water partition coefficient (Wildman–Crippen LogP) is -0.894. The van der Waals surface area contributed by atoms with Gasteiger partial charge in [-0.15, -0.1) is 5.10 Å². The zero-order valence-electron chi connectivity index (χ0n) is 9.47.